The van der Waals surface area contributed by atoms with Gasteiger partial charge in [0.2, 0.25) is 0 Å². The first-order chi connectivity index (χ1) is 19.4. The van der Waals surface area contributed by atoms with Crippen molar-refractivity contribution in [3.8, 4) is 0 Å². The van der Waals surface area contributed by atoms with E-state index in [1.807, 2.05) is 0 Å². The van der Waals surface area contributed by atoms with Crippen LogP contribution in [0.25, 0.3) is 0 Å². The number of rotatable bonds is 36. The molecule has 0 amide bonds. The standard InChI is InChI=1S/C38H79N/c1-3-5-7-9-11-13-15-17-19-21-23-25-27-29-31-33-35-37-39-38-36-34-32-30-28-26-24-22-20-18-16-14-12-10-8-6-4-2/h39H,3-38H2,1-2H3. The first kappa shape index (κ1) is 39.0. The Morgan fingerprint density at radius 1 is 0.205 bits per heavy atom. The van der Waals surface area contributed by atoms with Crippen molar-refractivity contribution < 1.29 is 0 Å². The molecular formula is C38H79N. The molecule has 1 N–H and O–H groups in total. The summed E-state index contributed by atoms with van der Waals surface area (Å²) in [5.74, 6) is 0. The van der Waals surface area contributed by atoms with E-state index in [1.165, 1.54) is 231 Å². The minimum absolute atomic E-state index is 1.25. The number of unbranched alkanes of at least 4 members (excludes halogenated alkanes) is 32. The molecule has 0 spiro atoms. The summed E-state index contributed by atoms with van der Waals surface area (Å²) in [6, 6.07) is 0. The fourth-order valence-corrected chi connectivity index (χ4v) is 6.07. The molecule has 0 aliphatic rings. The summed E-state index contributed by atoms with van der Waals surface area (Å²) < 4.78 is 0. The van der Waals surface area contributed by atoms with Crippen LogP contribution in [0.5, 0.6) is 0 Å². The summed E-state index contributed by atoms with van der Waals surface area (Å²) >= 11 is 0. The number of hydrogen-bond acceptors (Lipinski definition) is 1. The minimum Gasteiger partial charge on any atom is -0.317 e. The highest BCUT2D eigenvalue weighted by molar-refractivity contribution is 4.54. The first-order valence-corrected chi connectivity index (χ1v) is 19.1. The van der Waals surface area contributed by atoms with Crippen molar-refractivity contribution in [3.05, 3.63) is 0 Å². The second kappa shape index (κ2) is 38.0. The van der Waals surface area contributed by atoms with Crippen LogP contribution in [0.3, 0.4) is 0 Å². The van der Waals surface area contributed by atoms with Crippen molar-refractivity contribution in [3.63, 3.8) is 0 Å². The van der Waals surface area contributed by atoms with Gasteiger partial charge in [0.05, 0.1) is 0 Å². The smallest absolute Gasteiger partial charge is 0.00489 e. The van der Waals surface area contributed by atoms with E-state index >= 15 is 0 Å². The van der Waals surface area contributed by atoms with Gasteiger partial charge in [0.15, 0.2) is 0 Å². The molecule has 0 radical (unpaired) electrons. The van der Waals surface area contributed by atoms with Gasteiger partial charge in [-0.15, -0.1) is 0 Å². The van der Waals surface area contributed by atoms with Gasteiger partial charge in [-0.2, -0.15) is 0 Å². The lowest BCUT2D eigenvalue weighted by molar-refractivity contribution is 0.514. The third-order valence-corrected chi connectivity index (χ3v) is 8.91. The Balaban J connectivity index is 3.01. The molecule has 0 unspecified atom stereocenters. The zero-order valence-electron chi connectivity index (χ0n) is 28.0. The molecule has 0 aromatic heterocycles. The van der Waals surface area contributed by atoms with Gasteiger partial charge in [-0.25, -0.2) is 0 Å². The maximum absolute atomic E-state index is 3.69. The fourth-order valence-electron chi connectivity index (χ4n) is 6.07. The normalized spacial score (nSPS) is 11.5. The van der Waals surface area contributed by atoms with Gasteiger partial charge in [0.1, 0.15) is 0 Å². The van der Waals surface area contributed by atoms with Crippen LogP contribution in [-0.2, 0) is 0 Å². The third-order valence-electron chi connectivity index (χ3n) is 8.91. The molecule has 236 valence electrons. The Morgan fingerprint density at radius 3 is 0.538 bits per heavy atom. The Labute approximate surface area is 250 Å². The SMILES string of the molecule is CCCCCCCCCCCCCCCCCCCNCCCCCCCCCCCCCCCCCCC. The van der Waals surface area contributed by atoms with Crippen molar-refractivity contribution in [1.29, 1.82) is 0 Å². The van der Waals surface area contributed by atoms with E-state index in [0.717, 1.165) is 0 Å². The van der Waals surface area contributed by atoms with Crippen LogP contribution in [0.4, 0.5) is 0 Å². The van der Waals surface area contributed by atoms with Gasteiger partial charge >= 0.3 is 0 Å². The van der Waals surface area contributed by atoms with Crippen molar-refractivity contribution >= 4 is 0 Å². The van der Waals surface area contributed by atoms with Gasteiger partial charge < -0.3 is 5.32 Å². The van der Waals surface area contributed by atoms with E-state index < -0.39 is 0 Å². The highest BCUT2D eigenvalue weighted by Crippen LogP contribution is 2.15. The predicted molar refractivity (Wildman–Crippen MR) is 181 cm³/mol. The molecule has 0 saturated carbocycles. The second-order valence-corrected chi connectivity index (χ2v) is 13.1. The Hall–Kier alpha value is -0.0400. The molecule has 0 atom stereocenters. The first-order valence-electron chi connectivity index (χ1n) is 19.1. The van der Waals surface area contributed by atoms with E-state index in [0.29, 0.717) is 0 Å². The van der Waals surface area contributed by atoms with Crippen molar-refractivity contribution in [2.75, 3.05) is 13.1 Å². The van der Waals surface area contributed by atoms with E-state index in [-0.39, 0.29) is 0 Å². The van der Waals surface area contributed by atoms with Crippen molar-refractivity contribution in [1.82, 2.24) is 5.32 Å². The van der Waals surface area contributed by atoms with Crippen LogP contribution in [0, 0.1) is 0 Å². The van der Waals surface area contributed by atoms with Crippen LogP contribution in [0.15, 0.2) is 0 Å². The number of hydrogen-bond donors (Lipinski definition) is 1. The average Bonchev–Trinajstić information content (AvgIpc) is 2.95. The lowest BCUT2D eigenvalue weighted by atomic mass is 10.0. The zero-order valence-corrected chi connectivity index (χ0v) is 28.0. The largest absolute Gasteiger partial charge is 0.317 e. The summed E-state index contributed by atoms with van der Waals surface area (Å²) in [7, 11) is 0. The van der Waals surface area contributed by atoms with Crippen LogP contribution in [0.1, 0.15) is 232 Å². The molecule has 0 saturated heterocycles. The van der Waals surface area contributed by atoms with Gasteiger partial charge in [-0.05, 0) is 25.9 Å². The van der Waals surface area contributed by atoms with Crippen LogP contribution < -0.4 is 5.32 Å². The second-order valence-electron chi connectivity index (χ2n) is 13.1. The monoisotopic (exact) mass is 550 g/mol. The van der Waals surface area contributed by atoms with E-state index in [1.54, 1.807) is 0 Å². The van der Waals surface area contributed by atoms with E-state index in [9.17, 15) is 0 Å². The fraction of sp³-hybridized carbons (Fsp3) is 1.00. The Bertz CT molecular complexity index is 356. The maximum Gasteiger partial charge on any atom is -0.00489 e. The summed E-state index contributed by atoms with van der Waals surface area (Å²) in [5, 5.41) is 3.69. The lowest BCUT2D eigenvalue weighted by Gasteiger charge is -2.06. The topological polar surface area (TPSA) is 12.0 Å². The van der Waals surface area contributed by atoms with Crippen molar-refractivity contribution in [2.24, 2.45) is 0 Å². The predicted octanol–water partition coefficient (Wildman–Crippen LogP) is 13.9. The van der Waals surface area contributed by atoms with Gasteiger partial charge in [-0.1, -0.05) is 219 Å². The van der Waals surface area contributed by atoms with Crippen LogP contribution >= 0.6 is 0 Å². The summed E-state index contributed by atoms with van der Waals surface area (Å²) in [6.07, 6.45) is 49.7. The molecule has 39 heavy (non-hydrogen) atoms. The van der Waals surface area contributed by atoms with E-state index in [2.05, 4.69) is 19.2 Å². The maximum atomic E-state index is 3.69. The molecule has 0 rings (SSSR count). The molecule has 1 heteroatoms. The van der Waals surface area contributed by atoms with Crippen LogP contribution in [0.2, 0.25) is 0 Å². The average molecular weight is 550 g/mol. The van der Waals surface area contributed by atoms with Crippen LogP contribution in [-0.4, -0.2) is 13.1 Å². The Kier molecular flexibility index (Phi) is 37.9. The third kappa shape index (κ3) is 38.0. The molecule has 1 nitrogen and oxygen atoms in total. The van der Waals surface area contributed by atoms with Crippen molar-refractivity contribution in [2.45, 2.75) is 232 Å². The number of nitrogens with one attached hydrogen (secondary N) is 1. The Morgan fingerprint density at radius 2 is 0.359 bits per heavy atom. The molecule has 0 heterocycles. The molecule has 0 aromatic rings. The zero-order chi connectivity index (χ0) is 28.2. The molecular weight excluding hydrogens is 470 g/mol. The minimum atomic E-state index is 1.25. The quantitative estimate of drug-likeness (QED) is 0.0766. The van der Waals surface area contributed by atoms with Gasteiger partial charge in [0, 0.05) is 0 Å². The highest BCUT2D eigenvalue weighted by Gasteiger charge is 1.97. The lowest BCUT2D eigenvalue weighted by Crippen LogP contribution is -2.16. The molecule has 0 aliphatic heterocycles. The highest BCUT2D eigenvalue weighted by atomic mass is 14.8. The summed E-state index contributed by atoms with van der Waals surface area (Å²) in [5.41, 5.74) is 0. The van der Waals surface area contributed by atoms with Gasteiger partial charge in [-0.3, -0.25) is 0 Å². The molecule has 0 aromatic carbocycles. The summed E-state index contributed by atoms with van der Waals surface area (Å²) in [4.78, 5) is 0. The molecule has 0 aliphatic carbocycles. The molecule has 0 fully saturated rings. The van der Waals surface area contributed by atoms with E-state index in [4.69, 9.17) is 0 Å². The molecule has 0 bridgehead atoms. The summed E-state index contributed by atoms with van der Waals surface area (Å²) in [6.45, 7) is 7.11. The van der Waals surface area contributed by atoms with Gasteiger partial charge in [0.25, 0.3) is 0 Å².